The first-order valence-corrected chi connectivity index (χ1v) is 9.86. The van der Waals surface area contributed by atoms with E-state index in [4.69, 9.17) is 9.84 Å². The van der Waals surface area contributed by atoms with E-state index in [0.717, 1.165) is 0 Å². The van der Waals surface area contributed by atoms with E-state index in [1.807, 2.05) is 0 Å². The molecular formula is C17H24N2O6S. The molecule has 0 heterocycles. The van der Waals surface area contributed by atoms with Gasteiger partial charge in [-0.05, 0) is 43.9 Å². The Morgan fingerprint density at radius 1 is 1.31 bits per heavy atom. The minimum absolute atomic E-state index is 0.000752. The SMILES string of the molecule is COCCNS(=O)(=O)c1ccc(C)c(C(=O)N[C@@H]2CC[C@H](C(=O)O)C2)c1. The lowest BCUT2D eigenvalue weighted by Crippen LogP contribution is -2.34. The van der Waals surface area contributed by atoms with Crippen molar-refractivity contribution in [1.82, 2.24) is 10.0 Å². The molecule has 0 spiro atoms. The number of ether oxygens (including phenoxy) is 1. The average molecular weight is 384 g/mol. The monoisotopic (exact) mass is 384 g/mol. The van der Waals surface area contributed by atoms with Gasteiger partial charge in [-0.25, -0.2) is 13.1 Å². The van der Waals surface area contributed by atoms with Gasteiger partial charge in [-0.3, -0.25) is 9.59 Å². The third-order valence-corrected chi connectivity index (χ3v) is 5.94. The zero-order valence-corrected chi connectivity index (χ0v) is 15.6. The van der Waals surface area contributed by atoms with Gasteiger partial charge in [0.15, 0.2) is 0 Å². The molecule has 1 amide bonds. The first-order chi connectivity index (χ1) is 12.2. The van der Waals surface area contributed by atoms with Crippen LogP contribution < -0.4 is 10.0 Å². The summed E-state index contributed by atoms with van der Waals surface area (Å²) in [5, 5.41) is 11.9. The molecule has 1 aliphatic carbocycles. The summed E-state index contributed by atoms with van der Waals surface area (Å²) in [6, 6.07) is 4.14. The average Bonchev–Trinajstić information content (AvgIpc) is 3.04. The van der Waals surface area contributed by atoms with Crippen molar-refractivity contribution in [2.45, 2.75) is 37.1 Å². The number of amides is 1. The maximum atomic E-state index is 12.5. The first-order valence-electron chi connectivity index (χ1n) is 8.37. The Morgan fingerprint density at radius 2 is 2.04 bits per heavy atom. The summed E-state index contributed by atoms with van der Waals surface area (Å²) in [5.41, 5.74) is 0.907. The fourth-order valence-electron chi connectivity index (χ4n) is 2.97. The highest BCUT2D eigenvalue weighted by molar-refractivity contribution is 7.89. The molecule has 1 saturated carbocycles. The Labute approximate surface area is 153 Å². The van der Waals surface area contributed by atoms with Gasteiger partial charge in [0.1, 0.15) is 0 Å². The summed E-state index contributed by atoms with van der Waals surface area (Å²) in [7, 11) is -2.27. The van der Waals surface area contributed by atoms with Crippen LogP contribution in [0, 0.1) is 12.8 Å². The lowest BCUT2D eigenvalue weighted by Gasteiger charge is -2.15. The summed E-state index contributed by atoms with van der Waals surface area (Å²) in [5.74, 6) is -1.70. The van der Waals surface area contributed by atoms with Crippen molar-refractivity contribution in [3.05, 3.63) is 29.3 Å². The molecule has 1 fully saturated rings. The van der Waals surface area contributed by atoms with E-state index in [0.29, 0.717) is 24.8 Å². The largest absolute Gasteiger partial charge is 0.481 e. The zero-order valence-electron chi connectivity index (χ0n) is 14.8. The number of carboxylic acids is 1. The third-order valence-electron chi connectivity index (χ3n) is 4.48. The van der Waals surface area contributed by atoms with Gasteiger partial charge < -0.3 is 15.2 Å². The second kappa shape index (κ2) is 8.61. The van der Waals surface area contributed by atoms with E-state index in [9.17, 15) is 18.0 Å². The van der Waals surface area contributed by atoms with Crippen LogP contribution in [0.15, 0.2) is 23.1 Å². The molecule has 0 aromatic heterocycles. The van der Waals surface area contributed by atoms with Crippen molar-refractivity contribution < 1.29 is 27.9 Å². The summed E-state index contributed by atoms with van der Waals surface area (Å²) in [6.07, 6.45) is 1.51. The lowest BCUT2D eigenvalue weighted by atomic mass is 10.1. The molecule has 26 heavy (non-hydrogen) atoms. The van der Waals surface area contributed by atoms with Crippen LogP contribution in [-0.2, 0) is 19.6 Å². The molecule has 2 atom stereocenters. The number of hydrogen-bond acceptors (Lipinski definition) is 5. The Bertz CT molecular complexity index is 777. The molecule has 8 nitrogen and oxygen atoms in total. The minimum atomic E-state index is -3.74. The van der Waals surface area contributed by atoms with E-state index in [1.54, 1.807) is 13.0 Å². The third kappa shape index (κ3) is 5.03. The molecule has 0 bridgehead atoms. The van der Waals surface area contributed by atoms with Gasteiger partial charge in [0, 0.05) is 25.3 Å². The van der Waals surface area contributed by atoms with Crippen LogP contribution in [0.25, 0.3) is 0 Å². The van der Waals surface area contributed by atoms with Crippen molar-refractivity contribution in [3.63, 3.8) is 0 Å². The second-order valence-corrected chi connectivity index (χ2v) is 8.15. The van der Waals surface area contributed by atoms with Crippen molar-refractivity contribution >= 4 is 21.9 Å². The van der Waals surface area contributed by atoms with E-state index >= 15 is 0 Å². The van der Waals surface area contributed by atoms with E-state index < -0.39 is 27.8 Å². The molecule has 1 aliphatic rings. The lowest BCUT2D eigenvalue weighted by molar-refractivity contribution is -0.141. The van der Waals surface area contributed by atoms with Gasteiger partial charge in [0.25, 0.3) is 5.91 Å². The number of rotatable bonds is 8. The highest BCUT2D eigenvalue weighted by Crippen LogP contribution is 2.26. The smallest absolute Gasteiger partial charge is 0.306 e. The molecule has 0 aliphatic heterocycles. The molecule has 144 valence electrons. The van der Waals surface area contributed by atoms with Gasteiger partial charge in [-0.2, -0.15) is 0 Å². The van der Waals surface area contributed by atoms with Crippen LogP contribution in [-0.4, -0.2) is 51.7 Å². The molecule has 1 aromatic carbocycles. The summed E-state index contributed by atoms with van der Waals surface area (Å²) in [4.78, 5) is 23.6. The van der Waals surface area contributed by atoms with Crippen LogP contribution in [0.4, 0.5) is 0 Å². The fourth-order valence-corrected chi connectivity index (χ4v) is 4.01. The molecular weight excluding hydrogens is 360 g/mol. The van der Waals surface area contributed by atoms with E-state index in [2.05, 4.69) is 10.0 Å². The Balaban J connectivity index is 2.11. The predicted octanol–water partition coefficient (Wildman–Crippen LogP) is 0.903. The predicted molar refractivity (Wildman–Crippen MR) is 94.5 cm³/mol. The normalized spacial score (nSPS) is 20.1. The first kappa shape index (κ1) is 20.3. The Kier molecular flexibility index (Phi) is 6.74. The number of carbonyl (C=O) groups is 2. The Morgan fingerprint density at radius 3 is 2.65 bits per heavy atom. The maximum absolute atomic E-state index is 12.5. The highest BCUT2D eigenvalue weighted by Gasteiger charge is 2.31. The zero-order chi connectivity index (χ0) is 19.3. The number of hydrogen-bond donors (Lipinski definition) is 3. The van der Waals surface area contributed by atoms with Crippen LogP contribution in [0.2, 0.25) is 0 Å². The number of nitrogens with one attached hydrogen (secondary N) is 2. The highest BCUT2D eigenvalue weighted by atomic mass is 32.2. The van der Waals surface area contributed by atoms with Crippen molar-refractivity contribution in [1.29, 1.82) is 0 Å². The van der Waals surface area contributed by atoms with Crippen LogP contribution in [0.3, 0.4) is 0 Å². The standard InChI is InChI=1S/C17H24N2O6S/c1-11-3-6-14(26(23,24)18-7-8-25-2)10-15(11)16(20)19-13-5-4-12(9-13)17(21)22/h3,6,10,12-13,18H,4-5,7-9H2,1-2H3,(H,19,20)(H,21,22)/t12-,13+/m0/s1. The topological polar surface area (TPSA) is 122 Å². The van der Waals surface area contributed by atoms with Gasteiger partial charge >= 0.3 is 5.97 Å². The van der Waals surface area contributed by atoms with Crippen molar-refractivity contribution in [2.75, 3.05) is 20.3 Å². The molecule has 0 unspecified atom stereocenters. The summed E-state index contributed by atoms with van der Waals surface area (Å²) >= 11 is 0. The summed E-state index contributed by atoms with van der Waals surface area (Å²) < 4.78 is 31.8. The summed E-state index contributed by atoms with van der Waals surface area (Å²) in [6.45, 7) is 2.09. The van der Waals surface area contributed by atoms with Gasteiger partial charge in [-0.1, -0.05) is 6.07 Å². The molecule has 9 heteroatoms. The van der Waals surface area contributed by atoms with Crippen LogP contribution in [0.5, 0.6) is 0 Å². The van der Waals surface area contributed by atoms with Gasteiger partial charge in [0.05, 0.1) is 17.4 Å². The molecule has 0 saturated heterocycles. The van der Waals surface area contributed by atoms with E-state index in [-0.39, 0.29) is 29.7 Å². The molecule has 0 radical (unpaired) electrons. The molecule has 2 rings (SSSR count). The van der Waals surface area contributed by atoms with Crippen LogP contribution in [0.1, 0.15) is 35.2 Å². The molecule has 1 aromatic rings. The van der Waals surface area contributed by atoms with Crippen molar-refractivity contribution in [3.8, 4) is 0 Å². The molecule has 3 N–H and O–H groups in total. The van der Waals surface area contributed by atoms with E-state index in [1.165, 1.54) is 19.2 Å². The number of methoxy groups -OCH3 is 1. The van der Waals surface area contributed by atoms with Gasteiger partial charge in [0.2, 0.25) is 10.0 Å². The fraction of sp³-hybridized carbons (Fsp3) is 0.529. The van der Waals surface area contributed by atoms with Gasteiger partial charge in [-0.15, -0.1) is 0 Å². The maximum Gasteiger partial charge on any atom is 0.306 e. The number of aliphatic carboxylic acids is 1. The number of aryl methyl sites for hydroxylation is 1. The minimum Gasteiger partial charge on any atom is -0.481 e. The Hall–Kier alpha value is -1.97. The number of carbonyl (C=O) groups excluding carboxylic acids is 1. The second-order valence-electron chi connectivity index (χ2n) is 6.39. The number of sulfonamides is 1. The number of carboxylic acid groups (broad SMARTS) is 1. The number of benzene rings is 1. The van der Waals surface area contributed by atoms with Crippen molar-refractivity contribution in [2.24, 2.45) is 5.92 Å². The quantitative estimate of drug-likeness (QED) is 0.573. The van der Waals surface area contributed by atoms with Crippen LogP contribution >= 0.6 is 0 Å².